The van der Waals surface area contributed by atoms with Crippen LogP contribution in [0, 0.1) is 17.5 Å². The summed E-state index contributed by atoms with van der Waals surface area (Å²) in [5.41, 5.74) is 2.22. The largest absolute Gasteiger partial charge is 0.344 e. The Morgan fingerprint density at radius 3 is 2.18 bits per heavy atom. The molecule has 0 saturated heterocycles. The van der Waals surface area contributed by atoms with E-state index in [4.69, 9.17) is 0 Å². The maximum Gasteiger partial charge on any atom is 0.248 e. The number of carbonyl (C=O) groups excluding carboxylic acids is 2. The maximum absolute atomic E-state index is 13.4. The normalized spacial score (nSPS) is 12.6. The fourth-order valence-corrected chi connectivity index (χ4v) is 3.94. The van der Waals surface area contributed by atoms with Crippen LogP contribution in [0.2, 0.25) is 0 Å². The van der Waals surface area contributed by atoms with Gasteiger partial charge in [-0.3, -0.25) is 9.59 Å². The van der Waals surface area contributed by atoms with Crippen LogP contribution in [0.5, 0.6) is 0 Å². The molecule has 1 heterocycles. The third kappa shape index (κ3) is 9.63. The lowest BCUT2D eigenvalue weighted by Gasteiger charge is -2.18. The number of nitrogens with one attached hydrogen (secondary N) is 3. The highest BCUT2D eigenvalue weighted by molar-refractivity contribution is 5.96. The molecule has 202 valence electrons. The van der Waals surface area contributed by atoms with Crippen LogP contribution < -0.4 is 16.0 Å². The van der Waals surface area contributed by atoms with Gasteiger partial charge in [0, 0.05) is 24.8 Å². The molecular formula is C29H33F3N4O2. The summed E-state index contributed by atoms with van der Waals surface area (Å²) in [5, 5.41) is 8.79. The van der Waals surface area contributed by atoms with Crippen LogP contribution >= 0.6 is 0 Å². The first-order valence-electron chi connectivity index (χ1n) is 12.7. The molecule has 2 atom stereocenters. The number of halogens is 3. The van der Waals surface area contributed by atoms with E-state index in [9.17, 15) is 22.8 Å². The van der Waals surface area contributed by atoms with E-state index < -0.39 is 29.5 Å². The number of aromatic nitrogens is 1. The highest BCUT2D eigenvalue weighted by Crippen LogP contribution is 2.12. The van der Waals surface area contributed by atoms with E-state index in [-0.39, 0.29) is 23.8 Å². The molecule has 0 aliphatic carbocycles. The number of carbonyl (C=O) groups is 2. The first-order valence-corrected chi connectivity index (χ1v) is 12.7. The zero-order valence-electron chi connectivity index (χ0n) is 21.6. The summed E-state index contributed by atoms with van der Waals surface area (Å²) >= 11 is 0. The zero-order valence-corrected chi connectivity index (χ0v) is 21.6. The van der Waals surface area contributed by atoms with Gasteiger partial charge in [-0.15, -0.1) is 0 Å². The summed E-state index contributed by atoms with van der Waals surface area (Å²) in [6, 6.07) is 12.4. The van der Waals surface area contributed by atoms with E-state index >= 15 is 0 Å². The fraction of sp³-hybridized carbons (Fsp3) is 0.345. The van der Waals surface area contributed by atoms with Gasteiger partial charge in [-0.2, -0.15) is 0 Å². The van der Waals surface area contributed by atoms with Crippen molar-refractivity contribution in [2.75, 3.05) is 5.32 Å². The number of anilines is 1. The number of hydrogen-bond acceptors (Lipinski definition) is 4. The third-order valence-corrected chi connectivity index (χ3v) is 6.03. The van der Waals surface area contributed by atoms with Crippen molar-refractivity contribution >= 4 is 17.6 Å². The number of pyridine rings is 1. The second-order valence-corrected chi connectivity index (χ2v) is 9.35. The molecule has 0 radical (unpaired) electrons. The Hall–Kier alpha value is -3.72. The summed E-state index contributed by atoms with van der Waals surface area (Å²) in [4.78, 5) is 29.5. The topological polar surface area (TPSA) is 83.1 Å². The quantitative estimate of drug-likeness (QED) is 0.290. The van der Waals surface area contributed by atoms with Gasteiger partial charge in [0.1, 0.15) is 29.3 Å². The van der Waals surface area contributed by atoms with Gasteiger partial charge in [-0.05, 0) is 73.2 Å². The molecule has 9 heteroatoms. The number of benzene rings is 2. The molecule has 3 N–H and O–H groups in total. The van der Waals surface area contributed by atoms with Crippen LogP contribution in [0.3, 0.4) is 0 Å². The number of nitrogens with zero attached hydrogens (tertiary/aromatic N) is 1. The summed E-state index contributed by atoms with van der Waals surface area (Å²) in [5.74, 6) is -2.33. The molecule has 0 bridgehead atoms. The molecule has 6 nitrogen and oxygen atoms in total. The van der Waals surface area contributed by atoms with Gasteiger partial charge in [-0.1, -0.05) is 31.5 Å². The molecule has 2 amide bonds. The van der Waals surface area contributed by atoms with Crippen LogP contribution in [-0.4, -0.2) is 28.9 Å². The summed E-state index contributed by atoms with van der Waals surface area (Å²) < 4.78 is 39.8. The van der Waals surface area contributed by atoms with Gasteiger partial charge in [0.05, 0.1) is 6.42 Å². The van der Waals surface area contributed by atoms with Crippen molar-refractivity contribution < 1.29 is 22.8 Å². The van der Waals surface area contributed by atoms with Crippen molar-refractivity contribution in [1.29, 1.82) is 0 Å². The van der Waals surface area contributed by atoms with Crippen molar-refractivity contribution in [2.24, 2.45) is 0 Å². The number of aryl methyl sites for hydroxylation is 1. The van der Waals surface area contributed by atoms with E-state index in [0.29, 0.717) is 25.2 Å². The van der Waals surface area contributed by atoms with Crippen molar-refractivity contribution in [2.45, 2.75) is 64.6 Å². The lowest BCUT2D eigenvalue weighted by Crippen LogP contribution is -2.44. The van der Waals surface area contributed by atoms with E-state index in [2.05, 4.69) is 27.9 Å². The molecule has 0 aliphatic heterocycles. The number of hydrogen-bond donors (Lipinski definition) is 3. The minimum absolute atomic E-state index is 0.188. The smallest absolute Gasteiger partial charge is 0.248 e. The molecular weight excluding hydrogens is 493 g/mol. The second kappa shape index (κ2) is 14.3. The zero-order chi connectivity index (χ0) is 27.5. The monoisotopic (exact) mass is 526 g/mol. The first kappa shape index (κ1) is 28.8. The molecule has 0 fully saturated rings. The van der Waals surface area contributed by atoms with E-state index in [1.165, 1.54) is 12.1 Å². The lowest BCUT2D eigenvalue weighted by atomic mass is 10.1. The number of amides is 2. The third-order valence-electron chi connectivity index (χ3n) is 6.03. The van der Waals surface area contributed by atoms with Gasteiger partial charge < -0.3 is 16.0 Å². The second-order valence-electron chi connectivity index (χ2n) is 9.35. The van der Waals surface area contributed by atoms with Crippen LogP contribution in [0.4, 0.5) is 19.0 Å². The molecule has 3 rings (SSSR count). The molecule has 3 aromatic rings. The standard InChI is InChI=1S/C29H33F3N4O2/c1-3-4-26(35-28(37)15-22-13-24(31)16-25(32)14-22)29(38)36-27-12-9-20(18-34-27)6-5-19(2)33-17-21-7-10-23(30)11-8-21/h7-14,16,18-19,26,33H,3-6,15,17H2,1-2H3,(H,35,37)(H,34,36,38). The van der Waals surface area contributed by atoms with Crippen molar-refractivity contribution in [3.05, 3.63) is 94.9 Å². The summed E-state index contributed by atoms with van der Waals surface area (Å²) in [6.07, 6.45) is 4.16. The Bertz CT molecular complexity index is 1180. The Balaban J connectivity index is 1.46. The van der Waals surface area contributed by atoms with Gasteiger partial charge in [-0.25, -0.2) is 18.2 Å². The van der Waals surface area contributed by atoms with Crippen molar-refractivity contribution in [3.63, 3.8) is 0 Å². The predicted octanol–water partition coefficient (Wildman–Crippen LogP) is 5.08. The minimum Gasteiger partial charge on any atom is -0.344 e. The Kier molecular flexibility index (Phi) is 10.8. The predicted molar refractivity (Wildman–Crippen MR) is 141 cm³/mol. The highest BCUT2D eigenvalue weighted by atomic mass is 19.1. The average Bonchev–Trinajstić information content (AvgIpc) is 2.87. The lowest BCUT2D eigenvalue weighted by molar-refractivity contribution is -0.126. The van der Waals surface area contributed by atoms with Gasteiger partial charge >= 0.3 is 0 Å². The van der Waals surface area contributed by atoms with E-state index in [0.717, 1.165) is 42.2 Å². The average molecular weight is 527 g/mol. The molecule has 1 aromatic heterocycles. The van der Waals surface area contributed by atoms with Crippen LogP contribution in [0.25, 0.3) is 0 Å². The van der Waals surface area contributed by atoms with Gasteiger partial charge in [0.25, 0.3) is 0 Å². The molecule has 0 aliphatic rings. The van der Waals surface area contributed by atoms with Gasteiger partial charge in [0.15, 0.2) is 0 Å². The SMILES string of the molecule is CCCC(NC(=O)Cc1cc(F)cc(F)c1)C(=O)Nc1ccc(CCC(C)NCc2ccc(F)cc2)cn1. The van der Waals surface area contributed by atoms with Crippen LogP contribution in [-0.2, 0) is 29.0 Å². The maximum atomic E-state index is 13.4. The Labute approximate surface area is 221 Å². The van der Waals surface area contributed by atoms with Crippen molar-refractivity contribution in [1.82, 2.24) is 15.6 Å². The molecule has 2 unspecified atom stereocenters. The molecule has 0 saturated carbocycles. The van der Waals surface area contributed by atoms with Crippen molar-refractivity contribution in [3.8, 4) is 0 Å². The Morgan fingerprint density at radius 2 is 1.55 bits per heavy atom. The van der Waals surface area contributed by atoms with Crippen LogP contribution in [0.1, 0.15) is 49.8 Å². The van der Waals surface area contributed by atoms with E-state index in [1.54, 1.807) is 24.4 Å². The Morgan fingerprint density at radius 1 is 0.868 bits per heavy atom. The molecule has 2 aromatic carbocycles. The minimum atomic E-state index is -0.805. The molecule has 0 spiro atoms. The number of rotatable bonds is 13. The first-order chi connectivity index (χ1) is 18.2. The fourth-order valence-electron chi connectivity index (χ4n) is 3.94. The molecule has 38 heavy (non-hydrogen) atoms. The van der Waals surface area contributed by atoms with Crippen LogP contribution in [0.15, 0.2) is 60.8 Å². The summed E-state index contributed by atoms with van der Waals surface area (Å²) in [6.45, 7) is 4.62. The van der Waals surface area contributed by atoms with E-state index in [1.807, 2.05) is 13.0 Å². The van der Waals surface area contributed by atoms with Gasteiger partial charge in [0.2, 0.25) is 11.8 Å². The summed E-state index contributed by atoms with van der Waals surface area (Å²) in [7, 11) is 0. The highest BCUT2D eigenvalue weighted by Gasteiger charge is 2.21.